The molecule has 0 spiro atoms. The highest BCUT2D eigenvalue weighted by atomic mass is 16.3. The Morgan fingerprint density at radius 2 is 1.77 bits per heavy atom. The molecule has 3 rings (SSSR count). The molecule has 3 heteroatoms. The molecule has 0 aromatic heterocycles. The van der Waals surface area contributed by atoms with Gasteiger partial charge in [0.15, 0.2) is 5.78 Å². The van der Waals surface area contributed by atoms with Crippen molar-refractivity contribution in [1.29, 1.82) is 0 Å². The van der Waals surface area contributed by atoms with Gasteiger partial charge in [-0.2, -0.15) is 0 Å². The molecule has 114 valence electrons. The first-order valence-corrected chi connectivity index (χ1v) is 7.81. The van der Waals surface area contributed by atoms with Crippen LogP contribution in [0, 0.1) is 5.92 Å². The Bertz CT molecular complexity index is 639. The van der Waals surface area contributed by atoms with E-state index in [0.717, 1.165) is 18.5 Å². The van der Waals surface area contributed by atoms with Gasteiger partial charge in [-0.25, -0.2) is 0 Å². The number of nitrogens with one attached hydrogen (secondary N) is 1. The summed E-state index contributed by atoms with van der Waals surface area (Å²) < 4.78 is 0. The number of aliphatic hydroxyl groups excluding tert-OH is 1. The number of aliphatic hydroxyl groups is 1. The van der Waals surface area contributed by atoms with Crippen molar-refractivity contribution in [3.05, 3.63) is 71.3 Å². The van der Waals surface area contributed by atoms with Gasteiger partial charge in [0.25, 0.3) is 0 Å². The van der Waals surface area contributed by atoms with Crippen LogP contribution in [0.25, 0.3) is 0 Å². The van der Waals surface area contributed by atoms with Crippen LogP contribution in [-0.2, 0) is 6.42 Å². The lowest BCUT2D eigenvalue weighted by Gasteiger charge is -2.27. The molecule has 1 aliphatic carbocycles. The van der Waals surface area contributed by atoms with Crippen molar-refractivity contribution in [3.8, 4) is 0 Å². The third-order valence-electron chi connectivity index (χ3n) is 4.29. The van der Waals surface area contributed by atoms with Crippen LogP contribution < -0.4 is 5.32 Å². The number of carbonyl (C=O) groups is 1. The summed E-state index contributed by atoms with van der Waals surface area (Å²) in [7, 11) is 0. The molecule has 22 heavy (non-hydrogen) atoms. The lowest BCUT2D eigenvalue weighted by molar-refractivity contribution is 0.0774. The summed E-state index contributed by atoms with van der Waals surface area (Å²) in [4.78, 5) is 12.5. The van der Waals surface area contributed by atoms with Gasteiger partial charge in [-0.1, -0.05) is 54.6 Å². The van der Waals surface area contributed by atoms with Crippen molar-refractivity contribution in [3.63, 3.8) is 0 Å². The maximum absolute atomic E-state index is 12.5. The van der Waals surface area contributed by atoms with Crippen LogP contribution in [0.1, 0.15) is 34.0 Å². The quantitative estimate of drug-likeness (QED) is 0.834. The second-order valence-corrected chi connectivity index (χ2v) is 5.84. The number of Topliss-reactive ketones (excluding diaryl/α,β-unsaturated/α-hetero) is 1. The van der Waals surface area contributed by atoms with Crippen molar-refractivity contribution in [2.24, 2.45) is 5.92 Å². The Labute approximate surface area is 131 Å². The maximum atomic E-state index is 12.5. The number of carbonyl (C=O) groups excluding carboxylic acids is 1. The normalized spacial score (nSPS) is 20.7. The monoisotopic (exact) mass is 295 g/mol. The van der Waals surface area contributed by atoms with E-state index in [-0.39, 0.29) is 11.7 Å². The Morgan fingerprint density at radius 1 is 1.05 bits per heavy atom. The van der Waals surface area contributed by atoms with Crippen LogP contribution in [-0.4, -0.2) is 24.0 Å². The van der Waals surface area contributed by atoms with E-state index >= 15 is 0 Å². The summed E-state index contributed by atoms with van der Waals surface area (Å²) in [5.41, 5.74) is 2.74. The largest absolute Gasteiger partial charge is 0.388 e. The van der Waals surface area contributed by atoms with Gasteiger partial charge < -0.3 is 10.4 Å². The highest BCUT2D eigenvalue weighted by molar-refractivity contribution is 6.00. The molecule has 0 saturated carbocycles. The SMILES string of the molecule is O=C1c2ccccc2C(O)CC1CNCCc1ccccc1. The Kier molecular flexibility index (Phi) is 4.66. The lowest BCUT2D eigenvalue weighted by Crippen LogP contribution is -2.34. The minimum absolute atomic E-state index is 0.138. The third-order valence-corrected chi connectivity index (χ3v) is 4.29. The fourth-order valence-electron chi connectivity index (χ4n) is 3.07. The summed E-state index contributed by atoms with van der Waals surface area (Å²) in [5, 5.41) is 13.6. The fraction of sp³-hybridized carbons (Fsp3) is 0.316. The molecule has 2 atom stereocenters. The maximum Gasteiger partial charge on any atom is 0.167 e. The van der Waals surface area contributed by atoms with Gasteiger partial charge >= 0.3 is 0 Å². The third kappa shape index (κ3) is 3.26. The predicted molar refractivity (Wildman–Crippen MR) is 86.9 cm³/mol. The fourth-order valence-corrected chi connectivity index (χ4v) is 3.07. The van der Waals surface area contributed by atoms with E-state index < -0.39 is 6.10 Å². The first-order valence-electron chi connectivity index (χ1n) is 7.81. The molecule has 2 N–H and O–H groups in total. The number of hydrogen-bond acceptors (Lipinski definition) is 3. The minimum atomic E-state index is -0.533. The second-order valence-electron chi connectivity index (χ2n) is 5.84. The highest BCUT2D eigenvalue weighted by Crippen LogP contribution is 2.32. The number of fused-ring (bicyclic) bond motifs is 1. The van der Waals surface area contributed by atoms with E-state index in [4.69, 9.17) is 0 Å². The van der Waals surface area contributed by atoms with Gasteiger partial charge in [0.2, 0.25) is 0 Å². The topological polar surface area (TPSA) is 49.3 Å². The molecular weight excluding hydrogens is 274 g/mol. The summed E-state index contributed by atoms with van der Waals surface area (Å²) >= 11 is 0. The molecular formula is C19H21NO2. The number of benzene rings is 2. The molecule has 0 amide bonds. The Morgan fingerprint density at radius 3 is 2.59 bits per heavy atom. The number of ketones is 1. The van der Waals surface area contributed by atoms with E-state index in [0.29, 0.717) is 18.5 Å². The van der Waals surface area contributed by atoms with Crippen LogP contribution in [0.4, 0.5) is 0 Å². The Balaban J connectivity index is 1.55. The van der Waals surface area contributed by atoms with Crippen molar-refractivity contribution >= 4 is 5.78 Å². The van der Waals surface area contributed by atoms with Crippen LogP contribution in [0.5, 0.6) is 0 Å². The molecule has 0 radical (unpaired) electrons. The van der Waals surface area contributed by atoms with Gasteiger partial charge in [-0.05, 0) is 30.5 Å². The van der Waals surface area contributed by atoms with Crippen molar-refractivity contribution in [2.75, 3.05) is 13.1 Å². The van der Waals surface area contributed by atoms with E-state index in [1.807, 2.05) is 42.5 Å². The van der Waals surface area contributed by atoms with Crippen molar-refractivity contribution < 1.29 is 9.90 Å². The molecule has 2 unspecified atom stereocenters. The molecule has 2 aromatic rings. The molecule has 0 saturated heterocycles. The molecule has 0 aliphatic heterocycles. The minimum Gasteiger partial charge on any atom is -0.388 e. The Hall–Kier alpha value is -1.97. The van der Waals surface area contributed by atoms with Gasteiger partial charge in [0, 0.05) is 18.0 Å². The van der Waals surface area contributed by atoms with E-state index in [9.17, 15) is 9.90 Å². The average Bonchev–Trinajstić information content (AvgIpc) is 2.57. The first-order chi connectivity index (χ1) is 10.8. The van der Waals surface area contributed by atoms with Crippen molar-refractivity contribution in [1.82, 2.24) is 5.32 Å². The zero-order valence-electron chi connectivity index (χ0n) is 12.5. The summed E-state index contributed by atoms with van der Waals surface area (Å²) in [6.45, 7) is 1.46. The molecule has 3 nitrogen and oxygen atoms in total. The molecule has 1 aliphatic rings. The summed E-state index contributed by atoms with van der Waals surface area (Å²) in [6, 6.07) is 17.7. The number of rotatable bonds is 5. The average molecular weight is 295 g/mol. The smallest absolute Gasteiger partial charge is 0.167 e. The van der Waals surface area contributed by atoms with Crippen molar-refractivity contribution in [2.45, 2.75) is 18.9 Å². The second kappa shape index (κ2) is 6.86. The van der Waals surface area contributed by atoms with E-state index in [1.165, 1.54) is 5.56 Å². The van der Waals surface area contributed by atoms with Gasteiger partial charge in [-0.3, -0.25) is 4.79 Å². The van der Waals surface area contributed by atoms with Crippen LogP contribution in [0.3, 0.4) is 0 Å². The summed E-state index contributed by atoms with van der Waals surface area (Å²) in [6.07, 6.45) is 0.921. The molecule has 0 fully saturated rings. The predicted octanol–water partition coefficient (Wildman–Crippen LogP) is 2.75. The van der Waals surface area contributed by atoms with Crippen LogP contribution in [0.2, 0.25) is 0 Å². The summed E-state index contributed by atoms with van der Waals surface area (Å²) in [5.74, 6) is 0.00813. The standard InChI is InChI=1S/C19H21NO2/c21-18-12-15(19(22)17-9-5-4-8-16(17)18)13-20-11-10-14-6-2-1-3-7-14/h1-9,15,18,20-21H,10-13H2. The van der Waals surface area contributed by atoms with Crippen LogP contribution >= 0.6 is 0 Å². The zero-order chi connectivity index (χ0) is 15.4. The van der Waals surface area contributed by atoms with Gasteiger partial charge in [0.05, 0.1) is 6.10 Å². The van der Waals surface area contributed by atoms with Crippen LogP contribution in [0.15, 0.2) is 54.6 Å². The number of hydrogen-bond donors (Lipinski definition) is 2. The zero-order valence-corrected chi connectivity index (χ0v) is 12.5. The first kappa shape index (κ1) is 14.9. The molecule has 0 heterocycles. The highest BCUT2D eigenvalue weighted by Gasteiger charge is 2.31. The molecule has 2 aromatic carbocycles. The molecule has 0 bridgehead atoms. The van der Waals surface area contributed by atoms with E-state index in [2.05, 4.69) is 17.4 Å². The lowest BCUT2D eigenvalue weighted by atomic mass is 9.81. The van der Waals surface area contributed by atoms with Gasteiger partial charge in [0.1, 0.15) is 0 Å². The van der Waals surface area contributed by atoms with E-state index in [1.54, 1.807) is 0 Å². The van der Waals surface area contributed by atoms with Gasteiger partial charge in [-0.15, -0.1) is 0 Å².